The van der Waals surface area contributed by atoms with E-state index in [4.69, 9.17) is 0 Å². The van der Waals surface area contributed by atoms with Crippen LogP contribution in [0.2, 0.25) is 0 Å². The van der Waals surface area contributed by atoms with Gasteiger partial charge in [-0.15, -0.1) is 0 Å². The number of allylic oxidation sites excluding steroid dienone is 2. The summed E-state index contributed by atoms with van der Waals surface area (Å²) in [7, 11) is 0. The predicted molar refractivity (Wildman–Crippen MR) is 84.5 cm³/mol. The van der Waals surface area contributed by atoms with Crippen molar-refractivity contribution >= 4 is 16.6 Å². The van der Waals surface area contributed by atoms with Crippen LogP contribution in [0.15, 0.2) is 34.5 Å². The number of hydrogen-bond acceptors (Lipinski definition) is 4. The van der Waals surface area contributed by atoms with Crippen LogP contribution in [-0.2, 0) is 0 Å². The maximum Gasteiger partial charge on any atom is 0.434 e. The Morgan fingerprint density at radius 2 is 1.92 bits per heavy atom. The molecular weight excluding hydrogens is 331 g/mol. The molecule has 0 spiro atoms. The fourth-order valence-corrected chi connectivity index (χ4v) is 3.08. The predicted octanol–water partition coefficient (Wildman–Crippen LogP) is 3.91. The number of aryl methyl sites for hydroxylation is 1. The molecule has 3 rings (SSSR count). The van der Waals surface area contributed by atoms with Crippen LogP contribution >= 0.6 is 0 Å². The summed E-state index contributed by atoms with van der Waals surface area (Å²) in [4.78, 5) is 3.51. The smallest absolute Gasteiger partial charge is 0.282 e. The Bertz CT molecular complexity index is 998. The molecule has 1 aromatic carbocycles. The molecule has 1 aromatic heterocycles. The Hall–Kier alpha value is -3.13. The molecule has 0 radical (unpaired) electrons. The molecule has 1 aliphatic rings. The minimum absolute atomic E-state index is 0.0443. The minimum atomic E-state index is -4.76. The first-order valence-corrected chi connectivity index (χ1v) is 7.38. The molecule has 0 bridgehead atoms. The molecule has 8 heteroatoms. The number of H-pyrrole nitrogens is 1. The van der Waals surface area contributed by atoms with Gasteiger partial charge in [0.1, 0.15) is 0 Å². The summed E-state index contributed by atoms with van der Waals surface area (Å²) in [5, 5.41) is 26.5. The lowest BCUT2D eigenvalue weighted by atomic mass is 9.76. The van der Waals surface area contributed by atoms with Crippen molar-refractivity contribution in [3.05, 3.63) is 40.7 Å². The zero-order valence-electron chi connectivity index (χ0n) is 13.3. The first kappa shape index (κ1) is 16.7. The lowest BCUT2D eigenvalue weighted by Crippen LogP contribution is -2.29. The third-order valence-corrected chi connectivity index (χ3v) is 4.29. The number of benzene rings is 1. The number of nitriles is 2. The van der Waals surface area contributed by atoms with Crippen LogP contribution in [0, 0.1) is 35.5 Å². The van der Waals surface area contributed by atoms with Gasteiger partial charge < -0.3 is 0 Å². The van der Waals surface area contributed by atoms with E-state index >= 15 is 0 Å². The third kappa shape index (κ3) is 2.66. The van der Waals surface area contributed by atoms with E-state index < -0.39 is 29.3 Å². The average Bonchev–Trinajstić information content (AvgIpc) is 2.93. The highest BCUT2D eigenvalue weighted by molar-refractivity contribution is 5.91. The number of fused-ring (bicyclic) bond motifs is 1. The summed E-state index contributed by atoms with van der Waals surface area (Å²) in [5.41, 5.74) is 0.150. The van der Waals surface area contributed by atoms with Crippen LogP contribution in [0.25, 0.3) is 10.9 Å². The molecule has 1 N–H and O–H groups in total. The number of nitrogens with one attached hydrogen (secondary N) is 1. The van der Waals surface area contributed by atoms with E-state index in [2.05, 4.69) is 15.2 Å². The van der Waals surface area contributed by atoms with Crippen LogP contribution in [0.1, 0.15) is 24.1 Å². The van der Waals surface area contributed by atoms with E-state index in [-0.39, 0.29) is 5.71 Å². The normalized spacial score (nSPS) is 21.0. The standard InChI is InChI=1S/C17H12F3N5/c1-8-12(6-21)15(13(7-22)16(23-8)17(18,19)20)10-3-4-14-11(5-10)9(2)24-25-14/h3-5,12,15H,1-2H3,(H,24,25). The first-order valence-electron chi connectivity index (χ1n) is 7.38. The van der Waals surface area contributed by atoms with Crippen molar-refractivity contribution in [2.45, 2.75) is 25.9 Å². The van der Waals surface area contributed by atoms with E-state index in [0.29, 0.717) is 11.1 Å². The number of aliphatic imine (C=N–C) groups is 1. The van der Waals surface area contributed by atoms with Crippen LogP contribution in [0.4, 0.5) is 13.2 Å². The van der Waals surface area contributed by atoms with Gasteiger partial charge in [-0.1, -0.05) is 6.07 Å². The largest absolute Gasteiger partial charge is 0.434 e. The summed E-state index contributed by atoms with van der Waals surface area (Å²) in [6.45, 7) is 3.17. The fraction of sp³-hybridized carbons (Fsp3) is 0.294. The highest BCUT2D eigenvalue weighted by Crippen LogP contribution is 2.43. The number of aromatic amines is 1. The van der Waals surface area contributed by atoms with Crippen molar-refractivity contribution in [3.63, 3.8) is 0 Å². The lowest BCUT2D eigenvalue weighted by molar-refractivity contribution is -0.0935. The molecule has 0 amide bonds. The van der Waals surface area contributed by atoms with Crippen LogP contribution in [0.5, 0.6) is 0 Å². The highest BCUT2D eigenvalue weighted by atomic mass is 19.4. The summed E-state index contributed by atoms with van der Waals surface area (Å²) < 4.78 is 40.0. The molecule has 2 heterocycles. The highest BCUT2D eigenvalue weighted by Gasteiger charge is 2.44. The molecule has 0 fully saturated rings. The Labute approximate surface area is 141 Å². The van der Waals surface area contributed by atoms with Gasteiger partial charge in [-0.05, 0) is 31.5 Å². The first-order chi connectivity index (χ1) is 11.8. The van der Waals surface area contributed by atoms with Crippen LogP contribution < -0.4 is 0 Å². The third-order valence-electron chi connectivity index (χ3n) is 4.29. The van der Waals surface area contributed by atoms with Gasteiger partial charge in [-0.2, -0.15) is 28.8 Å². The molecule has 126 valence electrons. The van der Waals surface area contributed by atoms with E-state index in [1.807, 2.05) is 6.07 Å². The Morgan fingerprint density at radius 1 is 1.20 bits per heavy atom. The molecule has 2 atom stereocenters. The molecule has 2 unspecified atom stereocenters. The second-order valence-electron chi connectivity index (χ2n) is 5.83. The number of aromatic nitrogens is 2. The molecular formula is C17H12F3N5. The van der Waals surface area contributed by atoms with Gasteiger partial charge in [0, 0.05) is 22.7 Å². The van der Waals surface area contributed by atoms with E-state index in [0.717, 1.165) is 11.1 Å². The van der Waals surface area contributed by atoms with Crippen molar-refractivity contribution in [3.8, 4) is 12.1 Å². The van der Waals surface area contributed by atoms with Crippen molar-refractivity contribution in [1.29, 1.82) is 10.5 Å². The molecule has 1 aliphatic heterocycles. The summed E-state index contributed by atoms with van der Waals surface area (Å²) in [6, 6.07) is 8.55. The quantitative estimate of drug-likeness (QED) is 0.851. The van der Waals surface area contributed by atoms with Gasteiger partial charge in [0.2, 0.25) is 0 Å². The zero-order valence-corrected chi connectivity index (χ0v) is 13.3. The maximum absolute atomic E-state index is 13.3. The molecule has 0 saturated carbocycles. The topological polar surface area (TPSA) is 88.6 Å². The summed E-state index contributed by atoms with van der Waals surface area (Å²) in [6.07, 6.45) is -4.76. The second-order valence-corrected chi connectivity index (χ2v) is 5.83. The fourth-order valence-electron chi connectivity index (χ4n) is 3.08. The summed E-state index contributed by atoms with van der Waals surface area (Å²) in [5.74, 6) is -1.96. The Kier molecular flexibility index (Phi) is 3.84. The van der Waals surface area contributed by atoms with Crippen molar-refractivity contribution < 1.29 is 13.2 Å². The number of alkyl halides is 3. The zero-order chi connectivity index (χ0) is 18.4. The van der Waals surface area contributed by atoms with Gasteiger partial charge in [0.15, 0.2) is 5.70 Å². The molecule has 0 saturated heterocycles. The van der Waals surface area contributed by atoms with Gasteiger partial charge >= 0.3 is 6.18 Å². The van der Waals surface area contributed by atoms with Crippen molar-refractivity contribution in [2.24, 2.45) is 10.9 Å². The van der Waals surface area contributed by atoms with Gasteiger partial charge in [0.25, 0.3) is 0 Å². The van der Waals surface area contributed by atoms with Gasteiger partial charge in [-0.3, -0.25) is 10.1 Å². The number of halogens is 3. The lowest BCUT2D eigenvalue weighted by Gasteiger charge is -2.28. The maximum atomic E-state index is 13.3. The number of hydrogen-bond donors (Lipinski definition) is 1. The molecule has 2 aromatic rings. The van der Waals surface area contributed by atoms with E-state index in [1.54, 1.807) is 31.2 Å². The second kappa shape index (κ2) is 5.75. The average molecular weight is 343 g/mol. The minimum Gasteiger partial charge on any atom is -0.282 e. The molecule has 5 nitrogen and oxygen atoms in total. The Morgan fingerprint density at radius 3 is 2.52 bits per heavy atom. The van der Waals surface area contributed by atoms with E-state index in [1.165, 1.54) is 6.92 Å². The molecule has 25 heavy (non-hydrogen) atoms. The van der Waals surface area contributed by atoms with Crippen LogP contribution in [-0.4, -0.2) is 22.1 Å². The van der Waals surface area contributed by atoms with Gasteiger partial charge in [0.05, 0.1) is 29.1 Å². The Balaban J connectivity index is 2.27. The van der Waals surface area contributed by atoms with Crippen molar-refractivity contribution in [2.75, 3.05) is 0 Å². The monoisotopic (exact) mass is 343 g/mol. The SMILES string of the molecule is CC1=NC(C(F)(F)F)=C(C#N)C(c2ccc3n[nH]c(C)c3c2)C1C#N. The van der Waals surface area contributed by atoms with Crippen LogP contribution in [0.3, 0.4) is 0 Å². The number of rotatable bonds is 1. The van der Waals surface area contributed by atoms with E-state index in [9.17, 15) is 23.7 Å². The molecule has 0 aliphatic carbocycles. The summed E-state index contributed by atoms with van der Waals surface area (Å²) >= 11 is 0. The van der Waals surface area contributed by atoms with Gasteiger partial charge in [-0.25, -0.2) is 0 Å². The number of nitrogens with zero attached hydrogens (tertiary/aromatic N) is 4. The van der Waals surface area contributed by atoms with Crippen molar-refractivity contribution in [1.82, 2.24) is 10.2 Å².